The van der Waals surface area contributed by atoms with E-state index in [0.29, 0.717) is 6.04 Å². The molecule has 3 nitrogen and oxygen atoms in total. The lowest BCUT2D eigenvalue weighted by molar-refractivity contribution is -0.137. The molecular weight excluding hydrogens is 306 g/mol. The van der Waals surface area contributed by atoms with Crippen molar-refractivity contribution < 1.29 is 9.90 Å². The van der Waals surface area contributed by atoms with E-state index in [1.54, 1.807) is 11.9 Å². The first-order valence-corrected chi connectivity index (χ1v) is 8.64. The maximum atomic E-state index is 10.7. The summed E-state index contributed by atoms with van der Waals surface area (Å²) in [7, 11) is 0. The number of hydrogen-bond acceptors (Lipinski definition) is 3. The summed E-state index contributed by atoms with van der Waals surface area (Å²) >= 11 is 8.06. The number of benzene rings is 1. The van der Waals surface area contributed by atoms with Crippen molar-refractivity contribution in [3.05, 3.63) is 28.8 Å². The van der Waals surface area contributed by atoms with Crippen LogP contribution < -0.4 is 0 Å². The first kappa shape index (κ1) is 16.7. The van der Waals surface area contributed by atoms with Gasteiger partial charge in [-0.05, 0) is 56.2 Å². The summed E-state index contributed by atoms with van der Waals surface area (Å²) in [5.74, 6) is -0.702. The molecule has 0 bridgehead atoms. The van der Waals surface area contributed by atoms with Gasteiger partial charge in [0.25, 0.3) is 0 Å². The first-order chi connectivity index (χ1) is 10.1. The summed E-state index contributed by atoms with van der Waals surface area (Å²) in [5.41, 5.74) is 1.20. The summed E-state index contributed by atoms with van der Waals surface area (Å²) in [6.45, 7) is 3.13. The van der Waals surface area contributed by atoms with Gasteiger partial charge in [-0.1, -0.05) is 30.2 Å². The number of aliphatic carboxylic acids is 1. The zero-order chi connectivity index (χ0) is 15.2. The van der Waals surface area contributed by atoms with E-state index >= 15 is 0 Å². The van der Waals surface area contributed by atoms with Gasteiger partial charge in [0, 0.05) is 23.9 Å². The average molecular weight is 328 g/mol. The SMILES string of the molecule is Cc1cccc(Cl)c1SN1CCCCC1CCCC(=O)O. The molecule has 1 atom stereocenters. The second-order valence-electron chi connectivity index (χ2n) is 5.55. The molecule has 0 saturated carbocycles. The predicted octanol–water partition coefficient (Wildman–Crippen LogP) is 4.76. The van der Waals surface area contributed by atoms with Crippen LogP contribution in [0, 0.1) is 6.92 Å². The third-order valence-electron chi connectivity index (χ3n) is 3.87. The number of aryl methyl sites for hydroxylation is 1. The van der Waals surface area contributed by atoms with Crippen LogP contribution in [0.25, 0.3) is 0 Å². The van der Waals surface area contributed by atoms with Gasteiger partial charge in [0.1, 0.15) is 0 Å². The van der Waals surface area contributed by atoms with Crippen molar-refractivity contribution in [1.29, 1.82) is 0 Å². The van der Waals surface area contributed by atoms with Crippen molar-refractivity contribution in [1.82, 2.24) is 4.31 Å². The molecule has 1 fully saturated rings. The summed E-state index contributed by atoms with van der Waals surface area (Å²) < 4.78 is 2.40. The fourth-order valence-electron chi connectivity index (χ4n) is 2.72. The van der Waals surface area contributed by atoms with Crippen LogP contribution in [0.5, 0.6) is 0 Å². The Kier molecular flexibility index (Phi) is 6.40. The highest BCUT2D eigenvalue weighted by atomic mass is 35.5. The largest absolute Gasteiger partial charge is 0.481 e. The number of halogens is 1. The van der Waals surface area contributed by atoms with Crippen LogP contribution in [0.4, 0.5) is 0 Å². The van der Waals surface area contributed by atoms with Gasteiger partial charge in [0.15, 0.2) is 0 Å². The van der Waals surface area contributed by atoms with E-state index < -0.39 is 5.97 Å². The Balaban J connectivity index is 2.00. The second-order valence-corrected chi connectivity index (χ2v) is 7.02. The molecule has 1 aromatic rings. The standard InChI is InChI=1S/C16H22ClNO2S/c1-12-6-4-9-14(17)16(12)21-18-11-3-2-7-13(18)8-5-10-15(19)20/h4,6,9,13H,2-3,5,7-8,10-11H2,1H3,(H,19,20). The van der Waals surface area contributed by atoms with Crippen LogP contribution in [-0.4, -0.2) is 28.0 Å². The van der Waals surface area contributed by atoms with Crippen LogP contribution in [-0.2, 0) is 4.79 Å². The number of carboxylic acids is 1. The highest BCUT2D eigenvalue weighted by Crippen LogP contribution is 2.37. The molecule has 0 spiro atoms. The molecule has 1 aromatic carbocycles. The van der Waals surface area contributed by atoms with Gasteiger partial charge in [0.05, 0.1) is 5.02 Å². The van der Waals surface area contributed by atoms with Crippen LogP contribution in [0.15, 0.2) is 23.1 Å². The number of nitrogens with zero attached hydrogens (tertiary/aromatic N) is 1. The monoisotopic (exact) mass is 327 g/mol. The summed E-state index contributed by atoms with van der Waals surface area (Å²) in [6, 6.07) is 6.44. The van der Waals surface area contributed by atoms with Gasteiger partial charge in [-0.15, -0.1) is 0 Å². The maximum Gasteiger partial charge on any atom is 0.303 e. The molecule has 1 heterocycles. The second kappa shape index (κ2) is 8.06. The number of piperidine rings is 1. The Hall–Kier alpha value is -0.710. The average Bonchev–Trinajstić information content (AvgIpc) is 2.44. The third kappa shape index (κ3) is 4.90. The topological polar surface area (TPSA) is 40.5 Å². The zero-order valence-corrected chi connectivity index (χ0v) is 13.9. The van der Waals surface area contributed by atoms with Gasteiger partial charge in [0.2, 0.25) is 0 Å². The summed E-state index contributed by atoms with van der Waals surface area (Å²) in [6.07, 6.45) is 5.54. The lowest BCUT2D eigenvalue weighted by Gasteiger charge is -2.35. The molecule has 5 heteroatoms. The van der Waals surface area contributed by atoms with E-state index in [0.717, 1.165) is 35.7 Å². The molecule has 0 amide bonds. The molecule has 0 aromatic heterocycles. The molecule has 1 aliphatic heterocycles. The molecule has 21 heavy (non-hydrogen) atoms. The van der Waals surface area contributed by atoms with Crippen molar-refractivity contribution in [2.24, 2.45) is 0 Å². The van der Waals surface area contributed by atoms with Gasteiger partial charge in [-0.3, -0.25) is 4.79 Å². The van der Waals surface area contributed by atoms with E-state index in [-0.39, 0.29) is 6.42 Å². The van der Waals surface area contributed by atoms with E-state index in [1.807, 2.05) is 12.1 Å². The van der Waals surface area contributed by atoms with Crippen LogP contribution in [0.1, 0.15) is 44.1 Å². The van der Waals surface area contributed by atoms with Crippen molar-refractivity contribution in [3.63, 3.8) is 0 Å². The number of rotatable bonds is 6. The molecule has 1 N–H and O–H groups in total. The normalized spacial score (nSPS) is 19.6. The lowest BCUT2D eigenvalue weighted by Crippen LogP contribution is -2.34. The third-order valence-corrected chi connectivity index (χ3v) is 5.74. The van der Waals surface area contributed by atoms with Gasteiger partial charge < -0.3 is 5.11 Å². The quantitative estimate of drug-likeness (QED) is 0.764. The number of carboxylic acid groups (broad SMARTS) is 1. The Labute approximate surface area is 135 Å². The number of hydrogen-bond donors (Lipinski definition) is 1. The van der Waals surface area contributed by atoms with Crippen molar-refractivity contribution in [2.45, 2.75) is 56.4 Å². The predicted molar refractivity (Wildman–Crippen MR) is 87.9 cm³/mol. The summed E-state index contributed by atoms with van der Waals surface area (Å²) in [4.78, 5) is 11.8. The molecule has 1 saturated heterocycles. The van der Waals surface area contributed by atoms with E-state index in [1.165, 1.54) is 18.4 Å². The Morgan fingerprint density at radius 1 is 1.48 bits per heavy atom. The molecule has 116 valence electrons. The van der Waals surface area contributed by atoms with Gasteiger partial charge in [-0.2, -0.15) is 0 Å². The van der Waals surface area contributed by atoms with E-state index in [9.17, 15) is 4.79 Å². The van der Waals surface area contributed by atoms with Crippen LogP contribution >= 0.6 is 23.5 Å². The van der Waals surface area contributed by atoms with Crippen molar-refractivity contribution >= 4 is 29.5 Å². The fourth-order valence-corrected chi connectivity index (χ4v) is 4.23. The molecular formula is C16H22ClNO2S. The minimum absolute atomic E-state index is 0.264. The van der Waals surface area contributed by atoms with Crippen molar-refractivity contribution in [2.75, 3.05) is 6.54 Å². The van der Waals surface area contributed by atoms with E-state index in [4.69, 9.17) is 16.7 Å². The zero-order valence-electron chi connectivity index (χ0n) is 12.3. The summed E-state index contributed by atoms with van der Waals surface area (Å²) in [5, 5.41) is 9.58. The highest BCUT2D eigenvalue weighted by molar-refractivity contribution is 7.97. The smallest absolute Gasteiger partial charge is 0.303 e. The van der Waals surface area contributed by atoms with Crippen molar-refractivity contribution in [3.8, 4) is 0 Å². The van der Waals surface area contributed by atoms with Gasteiger partial charge >= 0.3 is 5.97 Å². The minimum atomic E-state index is -0.702. The van der Waals surface area contributed by atoms with Gasteiger partial charge in [-0.25, -0.2) is 4.31 Å². The Morgan fingerprint density at radius 2 is 2.29 bits per heavy atom. The molecule has 0 radical (unpaired) electrons. The molecule has 1 aliphatic rings. The number of carbonyl (C=O) groups is 1. The first-order valence-electron chi connectivity index (χ1n) is 7.49. The van der Waals surface area contributed by atoms with Crippen LogP contribution in [0.2, 0.25) is 5.02 Å². The minimum Gasteiger partial charge on any atom is -0.481 e. The molecule has 2 rings (SSSR count). The lowest BCUT2D eigenvalue weighted by atomic mass is 10.00. The maximum absolute atomic E-state index is 10.7. The highest BCUT2D eigenvalue weighted by Gasteiger charge is 2.24. The molecule has 1 unspecified atom stereocenters. The fraction of sp³-hybridized carbons (Fsp3) is 0.562. The Morgan fingerprint density at radius 3 is 3.00 bits per heavy atom. The van der Waals surface area contributed by atoms with Crippen LogP contribution in [0.3, 0.4) is 0 Å². The van der Waals surface area contributed by atoms with E-state index in [2.05, 4.69) is 17.3 Å². The molecule has 0 aliphatic carbocycles. The Bertz CT molecular complexity index is 475.